The lowest BCUT2D eigenvalue weighted by Crippen LogP contribution is -2.27. The number of rotatable bonds is 5. The number of ketones is 1. The summed E-state index contributed by atoms with van der Waals surface area (Å²) in [6.07, 6.45) is -1.71. The summed E-state index contributed by atoms with van der Waals surface area (Å²) in [5.74, 6) is -0.955. The van der Waals surface area contributed by atoms with E-state index in [0.717, 1.165) is 0 Å². The molecule has 1 atom stereocenters. The molecule has 0 aliphatic carbocycles. The minimum atomic E-state index is -4.66. The van der Waals surface area contributed by atoms with Gasteiger partial charge in [-0.1, -0.05) is 0 Å². The minimum Gasteiger partial charge on any atom is -0.388 e. The molecule has 7 nitrogen and oxygen atoms in total. The second kappa shape index (κ2) is 4.66. The maximum absolute atomic E-state index is 10.4. The van der Waals surface area contributed by atoms with Gasteiger partial charge in [-0.05, 0) is 0 Å². The Labute approximate surface area is 67.8 Å². The second-order valence-electron chi connectivity index (χ2n) is 1.93. The molecule has 0 saturated heterocycles. The van der Waals surface area contributed by atoms with E-state index in [-0.39, 0.29) is 0 Å². The Morgan fingerprint density at radius 3 is 2.33 bits per heavy atom. The van der Waals surface area contributed by atoms with Crippen LogP contribution in [0.5, 0.6) is 0 Å². The van der Waals surface area contributed by atoms with E-state index >= 15 is 0 Å². The summed E-state index contributed by atoms with van der Waals surface area (Å²) in [4.78, 5) is 26.6. The van der Waals surface area contributed by atoms with E-state index in [4.69, 9.17) is 20.0 Å². The number of Topliss-reactive ketones (excluding diaryl/α,β-unsaturated/α-hetero) is 1. The van der Waals surface area contributed by atoms with E-state index in [1.807, 2.05) is 0 Å². The average Bonchev–Trinajstić information content (AvgIpc) is 1.97. The molecule has 72 valence electrons. The summed E-state index contributed by atoms with van der Waals surface area (Å²) in [6.45, 7) is -1.73. The monoisotopic (exact) mass is 200 g/mol. The van der Waals surface area contributed by atoms with Crippen LogP contribution in [-0.4, -0.2) is 45.1 Å². The molecule has 0 spiro atoms. The first-order chi connectivity index (χ1) is 5.37. The van der Waals surface area contributed by atoms with E-state index in [0.29, 0.717) is 0 Å². The van der Waals surface area contributed by atoms with E-state index < -0.39 is 32.9 Å². The van der Waals surface area contributed by atoms with Crippen molar-refractivity contribution in [3.63, 3.8) is 0 Å². The standard InChI is InChI=1S/C4H9O7P/c5-1-3(6)4(7)2-11-12(8,9)10/h4-5,7H,1-2H2,(H2,8,9,10). The van der Waals surface area contributed by atoms with Gasteiger partial charge in [-0.2, -0.15) is 0 Å². The Bertz CT molecular complexity index is 196. The molecule has 8 heteroatoms. The highest BCUT2D eigenvalue weighted by atomic mass is 31.2. The van der Waals surface area contributed by atoms with E-state index in [2.05, 4.69) is 4.52 Å². The lowest BCUT2D eigenvalue weighted by atomic mass is 10.3. The zero-order valence-corrected chi connectivity index (χ0v) is 6.85. The van der Waals surface area contributed by atoms with Crippen LogP contribution in [0.15, 0.2) is 0 Å². The van der Waals surface area contributed by atoms with Crippen molar-refractivity contribution >= 4 is 13.6 Å². The Hall–Kier alpha value is -0.300. The number of aliphatic hydroxyl groups is 2. The molecule has 0 amide bonds. The maximum Gasteiger partial charge on any atom is 0.469 e. The topological polar surface area (TPSA) is 124 Å². The first-order valence-electron chi connectivity index (χ1n) is 2.88. The molecule has 0 rings (SSSR count). The first-order valence-corrected chi connectivity index (χ1v) is 4.41. The number of hydrogen-bond acceptors (Lipinski definition) is 5. The fourth-order valence-corrected chi connectivity index (χ4v) is 0.701. The summed E-state index contributed by atoms with van der Waals surface area (Å²) in [7, 11) is -4.66. The third kappa shape index (κ3) is 5.36. The molecule has 0 fully saturated rings. The van der Waals surface area contributed by atoms with Gasteiger partial charge in [0.25, 0.3) is 0 Å². The van der Waals surface area contributed by atoms with E-state index in [1.54, 1.807) is 0 Å². The zero-order chi connectivity index (χ0) is 9.78. The summed E-state index contributed by atoms with van der Waals surface area (Å²) in [6, 6.07) is 0. The van der Waals surface area contributed by atoms with Gasteiger partial charge < -0.3 is 20.0 Å². The van der Waals surface area contributed by atoms with Gasteiger partial charge >= 0.3 is 7.82 Å². The highest BCUT2D eigenvalue weighted by Gasteiger charge is 2.20. The SMILES string of the molecule is O=C(CO)C(O)COP(=O)(O)O. The maximum atomic E-state index is 10.4. The highest BCUT2D eigenvalue weighted by molar-refractivity contribution is 7.46. The quantitative estimate of drug-likeness (QED) is 0.379. The Kier molecular flexibility index (Phi) is 4.54. The van der Waals surface area contributed by atoms with Crippen LogP contribution in [0, 0.1) is 0 Å². The molecule has 0 radical (unpaired) electrons. The Balaban J connectivity index is 3.79. The molecular weight excluding hydrogens is 191 g/mol. The number of carbonyl (C=O) groups excluding carboxylic acids is 1. The molecule has 0 heterocycles. The lowest BCUT2D eigenvalue weighted by Gasteiger charge is -2.08. The molecule has 12 heavy (non-hydrogen) atoms. The summed E-state index contributed by atoms with van der Waals surface area (Å²) >= 11 is 0. The number of aliphatic hydroxyl groups excluding tert-OH is 2. The van der Waals surface area contributed by atoms with Crippen LogP contribution in [0.25, 0.3) is 0 Å². The van der Waals surface area contributed by atoms with Crippen molar-refractivity contribution in [2.24, 2.45) is 0 Å². The van der Waals surface area contributed by atoms with Gasteiger partial charge in [0.05, 0.1) is 6.61 Å². The van der Waals surface area contributed by atoms with Crippen molar-refractivity contribution in [1.29, 1.82) is 0 Å². The second-order valence-corrected chi connectivity index (χ2v) is 3.17. The molecule has 0 aromatic heterocycles. The molecule has 4 N–H and O–H groups in total. The van der Waals surface area contributed by atoms with Crippen LogP contribution >= 0.6 is 7.82 Å². The predicted octanol–water partition coefficient (Wildman–Crippen LogP) is -1.98. The van der Waals surface area contributed by atoms with E-state index in [9.17, 15) is 9.36 Å². The molecule has 0 aliphatic rings. The molecule has 0 aromatic rings. The van der Waals surface area contributed by atoms with Gasteiger partial charge in [0.2, 0.25) is 0 Å². The van der Waals surface area contributed by atoms with Crippen molar-refractivity contribution in [1.82, 2.24) is 0 Å². The van der Waals surface area contributed by atoms with Gasteiger partial charge in [-0.3, -0.25) is 9.32 Å². The van der Waals surface area contributed by atoms with Crippen molar-refractivity contribution in [3.05, 3.63) is 0 Å². The zero-order valence-electron chi connectivity index (χ0n) is 5.95. The largest absolute Gasteiger partial charge is 0.469 e. The third-order valence-corrected chi connectivity index (χ3v) is 1.41. The van der Waals surface area contributed by atoms with Crippen molar-refractivity contribution in [2.75, 3.05) is 13.2 Å². The normalized spacial score (nSPS) is 14.3. The smallest absolute Gasteiger partial charge is 0.388 e. The number of hydrogen-bond donors (Lipinski definition) is 4. The molecule has 1 unspecified atom stereocenters. The van der Waals surface area contributed by atoms with Crippen molar-refractivity contribution < 1.29 is 33.9 Å². The summed E-state index contributed by atoms with van der Waals surface area (Å²) in [5, 5.41) is 16.9. The molecule has 0 saturated carbocycles. The highest BCUT2D eigenvalue weighted by Crippen LogP contribution is 2.35. The molecular formula is C4H9O7P. The van der Waals surface area contributed by atoms with Gasteiger partial charge in [0.1, 0.15) is 12.7 Å². The van der Waals surface area contributed by atoms with Gasteiger partial charge in [-0.25, -0.2) is 4.57 Å². The van der Waals surface area contributed by atoms with E-state index in [1.165, 1.54) is 0 Å². The van der Waals surface area contributed by atoms with Crippen LogP contribution in [-0.2, 0) is 13.9 Å². The third-order valence-electron chi connectivity index (χ3n) is 0.928. The number of phosphoric acid groups is 1. The van der Waals surface area contributed by atoms with Gasteiger partial charge in [-0.15, -0.1) is 0 Å². The van der Waals surface area contributed by atoms with Gasteiger partial charge in [0, 0.05) is 0 Å². The van der Waals surface area contributed by atoms with Crippen LogP contribution in [0.2, 0.25) is 0 Å². The average molecular weight is 200 g/mol. The Morgan fingerprint density at radius 2 is 2.00 bits per heavy atom. The van der Waals surface area contributed by atoms with Crippen LogP contribution in [0.3, 0.4) is 0 Å². The minimum absolute atomic E-state index is 0.830. The van der Waals surface area contributed by atoms with Gasteiger partial charge in [0.15, 0.2) is 5.78 Å². The fraction of sp³-hybridized carbons (Fsp3) is 0.750. The molecule has 0 bridgehead atoms. The Morgan fingerprint density at radius 1 is 1.50 bits per heavy atom. The summed E-state index contributed by atoms with van der Waals surface area (Å²) in [5.41, 5.74) is 0. The fourth-order valence-electron chi connectivity index (χ4n) is 0.366. The number of phosphoric ester groups is 1. The van der Waals surface area contributed by atoms with Crippen LogP contribution in [0.1, 0.15) is 0 Å². The van der Waals surface area contributed by atoms with Crippen LogP contribution in [0.4, 0.5) is 0 Å². The summed E-state index contributed by atoms with van der Waals surface area (Å²) < 4.78 is 13.8. The molecule has 0 aliphatic heterocycles. The lowest BCUT2D eigenvalue weighted by molar-refractivity contribution is -0.131. The van der Waals surface area contributed by atoms with Crippen molar-refractivity contribution in [2.45, 2.75) is 6.10 Å². The van der Waals surface area contributed by atoms with Crippen molar-refractivity contribution in [3.8, 4) is 0 Å². The number of carbonyl (C=O) groups is 1. The first kappa shape index (κ1) is 11.7. The van der Waals surface area contributed by atoms with Crippen LogP contribution < -0.4 is 0 Å². The molecule has 0 aromatic carbocycles. The predicted molar refractivity (Wildman–Crippen MR) is 36.1 cm³/mol.